The van der Waals surface area contributed by atoms with Crippen LogP contribution in [0.3, 0.4) is 0 Å². The van der Waals surface area contributed by atoms with E-state index < -0.39 is 0 Å². The lowest BCUT2D eigenvalue weighted by atomic mass is 9.96. The molecule has 0 aromatic heterocycles. The highest BCUT2D eigenvalue weighted by Crippen LogP contribution is 2.34. The summed E-state index contributed by atoms with van der Waals surface area (Å²) in [4.78, 5) is 0. The van der Waals surface area contributed by atoms with E-state index in [2.05, 4.69) is 12.1 Å². The first kappa shape index (κ1) is 19.6. The zero-order chi connectivity index (χ0) is 15.9. The number of nitrogens with two attached hydrogens (primary N) is 1. The Morgan fingerprint density at radius 3 is 2.39 bits per heavy atom. The first-order valence-corrected chi connectivity index (χ1v) is 7.74. The van der Waals surface area contributed by atoms with Gasteiger partial charge in [-0.15, -0.1) is 12.4 Å². The second kappa shape index (κ2) is 9.66. The molecule has 0 unspecified atom stereocenters. The first-order chi connectivity index (χ1) is 10.7. The van der Waals surface area contributed by atoms with Gasteiger partial charge in [-0.25, -0.2) is 0 Å². The van der Waals surface area contributed by atoms with Crippen LogP contribution in [0, 0.1) is 0 Å². The van der Waals surface area contributed by atoms with Crippen LogP contribution < -0.4 is 15.2 Å². The molecule has 0 bridgehead atoms. The van der Waals surface area contributed by atoms with Crippen LogP contribution in [-0.2, 0) is 19.3 Å². The largest absolute Gasteiger partial charge is 0.493 e. The van der Waals surface area contributed by atoms with Gasteiger partial charge in [0.15, 0.2) is 11.5 Å². The summed E-state index contributed by atoms with van der Waals surface area (Å²) in [6.45, 7) is 0.611. The Hall–Kier alpha value is -1.42. The molecule has 0 spiro atoms. The molecule has 2 N–H and O–H groups in total. The highest BCUT2D eigenvalue weighted by atomic mass is 35.5. The molecule has 126 valence electrons. The van der Waals surface area contributed by atoms with Crippen LogP contribution in [0.4, 0.5) is 0 Å². The zero-order valence-corrected chi connectivity index (χ0v) is 15.0. The van der Waals surface area contributed by atoms with E-state index in [9.17, 15) is 0 Å². The minimum absolute atomic E-state index is 0. The zero-order valence-electron chi connectivity index (χ0n) is 13.5. The van der Waals surface area contributed by atoms with Crippen molar-refractivity contribution in [1.29, 1.82) is 0 Å². The lowest BCUT2D eigenvalue weighted by molar-refractivity contribution is 0.351. The Labute approximate surface area is 149 Å². The van der Waals surface area contributed by atoms with E-state index in [0.29, 0.717) is 6.54 Å². The van der Waals surface area contributed by atoms with Crippen LogP contribution in [-0.4, -0.2) is 20.8 Å². The fourth-order valence-electron chi connectivity index (χ4n) is 2.66. The highest BCUT2D eigenvalue weighted by Gasteiger charge is 2.14. The van der Waals surface area contributed by atoms with Crippen LogP contribution in [0.5, 0.6) is 11.5 Å². The van der Waals surface area contributed by atoms with Gasteiger partial charge in [0, 0.05) is 10.6 Å². The Balaban J connectivity index is 0.00000264. The van der Waals surface area contributed by atoms with Crippen LogP contribution in [0.15, 0.2) is 36.4 Å². The van der Waals surface area contributed by atoms with Gasteiger partial charge < -0.3 is 15.2 Å². The molecular formula is C18H23Cl2NO2. The number of hydrogen-bond donors (Lipinski definition) is 1. The topological polar surface area (TPSA) is 44.5 Å². The third kappa shape index (κ3) is 5.03. The molecule has 0 saturated heterocycles. The summed E-state index contributed by atoms with van der Waals surface area (Å²) in [5, 5.41) is 0.761. The van der Waals surface area contributed by atoms with Crippen molar-refractivity contribution in [3.8, 4) is 11.5 Å². The fourth-order valence-corrected chi connectivity index (χ4v) is 2.87. The first-order valence-electron chi connectivity index (χ1n) is 7.36. The minimum atomic E-state index is 0. The second-order valence-electron chi connectivity index (χ2n) is 5.11. The Morgan fingerprint density at radius 2 is 1.78 bits per heavy atom. The average Bonchev–Trinajstić information content (AvgIpc) is 2.53. The maximum atomic E-state index is 6.05. The number of benzene rings is 2. The van der Waals surface area contributed by atoms with E-state index in [1.807, 2.05) is 24.3 Å². The summed E-state index contributed by atoms with van der Waals surface area (Å²) in [5.74, 6) is 1.56. The van der Waals surface area contributed by atoms with E-state index in [1.165, 1.54) is 11.1 Å². The maximum Gasteiger partial charge on any atom is 0.164 e. The lowest BCUT2D eigenvalue weighted by Gasteiger charge is -2.17. The Kier molecular flexibility index (Phi) is 8.24. The number of aryl methyl sites for hydroxylation is 1. The van der Waals surface area contributed by atoms with Gasteiger partial charge in [-0.2, -0.15) is 0 Å². The van der Waals surface area contributed by atoms with E-state index in [1.54, 1.807) is 14.2 Å². The van der Waals surface area contributed by atoms with Crippen LogP contribution in [0.25, 0.3) is 0 Å². The highest BCUT2D eigenvalue weighted by molar-refractivity contribution is 6.30. The van der Waals surface area contributed by atoms with E-state index in [4.69, 9.17) is 26.8 Å². The standard InChI is InChI=1S/C18H22ClNO2.ClH/c1-21-17-9-7-14(10-11-20)16(18(17)22-2)8-6-13-4-3-5-15(19)12-13;/h3-5,7,9,12H,6,8,10-11,20H2,1-2H3;1H. The van der Waals surface area contributed by atoms with Gasteiger partial charge in [0.2, 0.25) is 0 Å². The van der Waals surface area contributed by atoms with Gasteiger partial charge in [-0.3, -0.25) is 0 Å². The molecule has 0 atom stereocenters. The molecule has 2 rings (SSSR count). The molecule has 5 heteroatoms. The monoisotopic (exact) mass is 355 g/mol. The average molecular weight is 356 g/mol. The van der Waals surface area contributed by atoms with E-state index in [0.717, 1.165) is 41.3 Å². The van der Waals surface area contributed by atoms with Gasteiger partial charge >= 0.3 is 0 Å². The van der Waals surface area contributed by atoms with Gasteiger partial charge in [0.25, 0.3) is 0 Å². The molecule has 2 aromatic carbocycles. The number of rotatable bonds is 7. The molecular weight excluding hydrogens is 333 g/mol. The molecule has 2 aromatic rings. The van der Waals surface area contributed by atoms with Crippen LogP contribution >= 0.6 is 24.0 Å². The van der Waals surface area contributed by atoms with Crippen molar-refractivity contribution < 1.29 is 9.47 Å². The molecule has 0 radical (unpaired) electrons. The molecule has 0 aliphatic heterocycles. The summed E-state index contributed by atoms with van der Waals surface area (Å²) in [6, 6.07) is 11.9. The summed E-state index contributed by atoms with van der Waals surface area (Å²) in [6.07, 6.45) is 2.57. The van der Waals surface area contributed by atoms with Crippen molar-refractivity contribution in [2.75, 3.05) is 20.8 Å². The third-order valence-electron chi connectivity index (χ3n) is 3.71. The van der Waals surface area contributed by atoms with Crippen molar-refractivity contribution in [2.24, 2.45) is 5.73 Å². The summed E-state index contributed by atoms with van der Waals surface area (Å²) in [5.41, 5.74) is 9.30. The normalized spacial score (nSPS) is 10.1. The van der Waals surface area contributed by atoms with E-state index in [-0.39, 0.29) is 12.4 Å². The lowest BCUT2D eigenvalue weighted by Crippen LogP contribution is -2.08. The third-order valence-corrected chi connectivity index (χ3v) is 3.95. The van der Waals surface area contributed by atoms with Gasteiger partial charge in [-0.1, -0.05) is 29.8 Å². The molecule has 0 aliphatic carbocycles. The minimum Gasteiger partial charge on any atom is -0.493 e. The molecule has 0 saturated carbocycles. The van der Waals surface area contributed by atoms with Crippen LogP contribution in [0.2, 0.25) is 5.02 Å². The molecule has 3 nitrogen and oxygen atoms in total. The number of ether oxygens (including phenoxy) is 2. The maximum absolute atomic E-state index is 6.05. The smallest absolute Gasteiger partial charge is 0.164 e. The molecule has 0 aliphatic rings. The Morgan fingerprint density at radius 1 is 1.00 bits per heavy atom. The second-order valence-corrected chi connectivity index (χ2v) is 5.54. The van der Waals surface area contributed by atoms with Gasteiger partial charge in [0.05, 0.1) is 14.2 Å². The summed E-state index contributed by atoms with van der Waals surface area (Å²) in [7, 11) is 3.33. The predicted octanol–water partition coefficient (Wildman–Crippen LogP) is 4.07. The SMILES string of the molecule is COc1ccc(CCN)c(CCc2cccc(Cl)c2)c1OC.Cl. The van der Waals surface area contributed by atoms with Gasteiger partial charge in [0.1, 0.15) is 0 Å². The van der Waals surface area contributed by atoms with Crippen molar-refractivity contribution in [2.45, 2.75) is 19.3 Å². The van der Waals surface area contributed by atoms with Crippen LogP contribution in [0.1, 0.15) is 16.7 Å². The van der Waals surface area contributed by atoms with E-state index >= 15 is 0 Å². The van der Waals surface area contributed by atoms with Crippen molar-refractivity contribution in [1.82, 2.24) is 0 Å². The summed E-state index contributed by atoms with van der Waals surface area (Å²) < 4.78 is 11.0. The Bertz CT molecular complexity index is 632. The van der Waals surface area contributed by atoms with Gasteiger partial charge in [-0.05, 0) is 55.1 Å². The fraction of sp³-hybridized carbons (Fsp3) is 0.333. The number of hydrogen-bond acceptors (Lipinski definition) is 3. The number of halogens is 2. The molecule has 0 fully saturated rings. The van der Waals surface area contributed by atoms with Crippen molar-refractivity contribution in [3.63, 3.8) is 0 Å². The van der Waals surface area contributed by atoms with Crippen molar-refractivity contribution >= 4 is 24.0 Å². The predicted molar refractivity (Wildman–Crippen MR) is 98.4 cm³/mol. The summed E-state index contributed by atoms with van der Waals surface area (Å²) >= 11 is 6.05. The van der Waals surface area contributed by atoms with Crippen molar-refractivity contribution in [3.05, 3.63) is 58.1 Å². The molecule has 0 amide bonds. The molecule has 23 heavy (non-hydrogen) atoms. The quantitative estimate of drug-likeness (QED) is 0.814. The number of methoxy groups -OCH3 is 2. The molecule has 0 heterocycles.